The van der Waals surface area contributed by atoms with Gasteiger partial charge in [-0.2, -0.15) is 115 Å². The molecular weight excluding hydrogens is 540 g/mol. The Kier molecular flexibility index (Phi) is 11.4. The first-order valence-corrected chi connectivity index (χ1v) is 13.8. The quantitative estimate of drug-likeness (QED) is 0.136. The second-order valence-electron chi connectivity index (χ2n) is 9.82. The van der Waals surface area contributed by atoms with E-state index in [-0.39, 0.29) is 21.7 Å². The summed E-state index contributed by atoms with van der Waals surface area (Å²) in [5, 5.41) is 0. The maximum Gasteiger partial charge on any atom is 4.00 e. The predicted molar refractivity (Wildman–Crippen MR) is 172 cm³/mol. The first kappa shape index (κ1) is 30.6. The molecule has 0 N–H and O–H groups in total. The standard InChI is InChI=1S/2C13H9.C8H7.C7H7.Ti/c2*1-3-7-12-10(5-1)9-11-6-2-4-8-13(11)12;1-2-8-6-4-3-5-7-8;1-7-5-3-2-4-6-7;/h2*1-5,7-8H,9H2;3-7H,1H2;2-6H,1H2;/q4*-1;+4. The minimum atomic E-state index is 0. The second kappa shape index (κ2) is 15.6. The summed E-state index contributed by atoms with van der Waals surface area (Å²) in [6.45, 7) is 7.23. The van der Waals surface area contributed by atoms with Gasteiger partial charge in [-0.25, -0.2) is 0 Å². The first-order chi connectivity index (χ1) is 20.2. The van der Waals surface area contributed by atoms with Gasteiger partial charge in [0.15, 0.2) is 0 Å². The molecule has 0 nitrogen and oxygen atoms in total. The molecule has 0 aliphatic heterocycles. The van der Waals surface area contributed by atoms with Crippen molar-refractivity contribution >= 4 is 0 Å². The molecule has 0 atom stereocenters. The summed E-state index contributed by atoms with van der Waals surface area (Å²) in [5.74, 6) is 0. The van der Waals surface area contributed by atoms with Gasteiger partial charge in [0.1, 0.15) is 0 Å². The smallest absolute Gasteiger partial charge is 0.199 e. The van der Waals surface area contributed by atoms with Gasteiger partial charge in [-0.15, -0.1) is 35.4 Å². The van der Waals surface area contributed by atoms with Crippen LogP contribution in [0.4, 0.5) is 0 Å². The van der Waals surface area contributed by atoms with E-state index in [2.05, 4.69) is 105 Å². The van der Waals surface area contributed by atoms with Crippen molar-refractivity contribution in [1.82, 2.24) is 0 Å². The van der Waals surface area contributed by atoms with Crippen molar-refractivity contribution in [3.8, 4) is 22.3 Å². The Morgan fingerprint density at radius 3 is 1.31 bits per heavy atom. The van der Waals surface area contributed by atoms with Crippen molar-refractivity contribution in [2.45, 2.75) is 12.8 Å². The number of hydrogen-bond donors (Lipinski definition) is 0. The zero-order chi connectivity index (χ0) is 28.3. The van der Waals surface area contributed by atoms with Crippen LogP contribution in [0.25, 0.3) is 22.3 Å². The molecule has 0 unspecified atom stereocenters. The summed E-state index contributed by atoms with van der Waals surface area (Å²) in [7, 11) is 0. The average Bonchev–Trinajstić information content (AvgIpc) is 3.61. The van der Waals surface area contributed by atoms with Gasteiger partial charge >= 0.3 is 21.7 Å². The Bertz CT molecular complexity index is 1520. The predicted octanol–water partition coefficient (Wildman–Crippen LogP) is 10.0. The molecule has 200 valence electrons. The van der Waals surface area contributed by atoms with Crippen molar-refractivity contribution in [1.29, 1.82) is 0 Å². The Balaban J connectivity index is 0.000000132. The van der Waals surface area contributed by atoms with Gasteiger partial charge in [-0.05, 0) is 12.8 Å². The van der Waals surface area contributed by atoms with E-state index in [1.165, 1.54) is 44.5 Å². The summed E-state index contributed by atoms with van der Waals surface area (Å²) in [4.78, 5) is 0. The third-order valence-electron chi connectivity index (χ3n) is 7.05. The van der Waals surface area contributed by atoms with E-state index >= 15 is 0 Å². The molecule has 2 aliphatic rings. The Morgan fingerprint density at radius 1 is 0.500 bits per heavy atom. The average molecular weight is 573 g/mol. The van der Waals surface area contributed by atoms with E-state index in [9.17, 15) is 0 Å². The van der Waals surface area contributed by atoms with E-state index in [0.29, 0.717) is 0 Å². The Hall–Kier alpha value is -4.36. The van der Waals surface area contributed by atoms with Crippen LogP contribution in [0.3, 0.4) is 0 Å². The number of rotatable bonds is 1. The van der Waals surface area contributed by atoms with Crippen LogP contribution in [0, 0.1) is 25.1 Å². The first-order valence-electron chi connectivity index (χ1n) is 13.8. The molecule has 0 saturated carbocycles. The Morgan fingerprint density at radius 2 is 0.905 bits per heavy atom. The van der Waals surface area contributed by atoms with Crippen LogP contribution in [-0.4, -0.2) is 0 Å². The molecule has 0 saturated heterocycles. The maximum atomic E-state index is 3.72. The van der Waals surface area contributed by atoms with Gasteiger partial charge in [-0.1, -0.05) is 82.9 Å². The maximum absolute atomic E-state index is 3.72. The summed E-state index contributed by atoms with van der Waals surface area (Å²) < 4.78 is 0. The zero-order valence-corrected chi connectivity index (χ0v) is 25.2. The second-order valence-corrected chi connectivity index (χ2v) is 9.82. The van der Waals surface area contributed by atoms with Gasteiger partial charge in [0, 0.05) is 0 Å². The van der Waals surface area contributed by atoms with Crippen molar-refractivity contribution in [3.05, 3.63) is 211 Å². The molecule has 0 bridgehead atoms. The molecule has 0 aromatic heterocycles. The normalized spacial score (nSPS) is 10.7. The minimum Gasteiger partial charge on any atom is -0.199 e. The van der Waals surface area contributed by atoms with E-state index in [1.807, 2.05) is 72.8 Å². The summed E-state index contributed by atoms with van der Waals surface area (Å²) in [5.41, 5.74) is 13.1. The summed E-state index contributed by atoms with van der Waals surface area (Å²) in [6, 6.07) is 55.9. The van der Waals surface area contributed by atoms with Crippen molar-refractivity contribution in [2.75, 3.05) is 0 Å². The molecule has 0 fully saturated rings. The third kappa shape index (κ3) is 7.89. The molecule has 0 heterocycles. The monoisotopic (exact) mass is 572 g/mol. The molecule has 0 radical (unpaired) electrons. The fourth-order valence-electron chi connectivity index (χ4n) is 5.03. The fourth-order valence-corrected chi connectivity index (χ4v) is 5.03. The molecule has 0 spiro atoms. The van der Waals surface area contributed by atoms with Gasteiger partial charge in [0.05, 0.1) is 0 Å². The number of benzene rings is 6. The van der Waals surface area contributed by atoms with Gasteiger partial charge in [-0.3, -0.25) is 0 Å². The SMILES string of the molecule is C=[C-]c1ccccc1.[CH2-]c1ccccc1.[Ti+4].[c-]1cccc2c1Cc1ccccc1-2.[c-]1cccc2c1Cc1ccccc1-2. The van der Waals surface area contributed by atoms with Crippen LogP contribution in [-0.2, 0) is 34.6 Å². The molecule has 8 rings (SSSR count). The minimum absolute atomic E-state index is 0. The van der Waals surface area contributed by atoms with Gasteiger partial charge < -0.3 is 0 Å². The third-order valence-corrected chi connectivity index (χ3v) is 7.05. The molecule has 6 aromatic rings. The van der Waals surface area contributed by atoms with Gasteiger partial charge in [0.2, 0.25) is 0 Å². The van der Waals surface area contributed by atoms with E-state index in [1.54, 1.807) is 0 Å². The Labute approximate surface area is 266 Å². The molecule has 2 aliphatic carbocycles. The van der Waals surface area contributed by atoms with Gasteiger partial charge in [0.25, 0.3) is 0 Å². The molecule has 0 amide bonds. The molecule has 42 heavy (non-hydrogen) atoms. The van der Waals surface area contributed by atoms with E-state index in [4.69, 9.17) is 0 Å². The van der Waals surface area contributed by atoms with Crippen LogP contribution in [0.1, 0.15) is 33.4 Å². The molecular formula is C41H32Ti. The fraction of sp³-hybridized carbons (Fsp3) is 0.0488. The summed E-state index contributed by atoms with van der Waals surface area (Å²) >= 11 is 0. The summed E-state index contributed by atoms with van der Waals surface area (Å²) in [6.07, 6.45) is 4.87. The van der Waals surface area contributed by atoms with Crippen molar-refractivity contribution < 1.29 is 21.7 Å². The number of fused-ring (bicyclic) bond motifs is 6. The number of hydrogen-bond acceptors (Lipinski definition) is 0. The molecule has 6 aromatic carbocycles. The van der Waals surface area contributed by atoms with Crippen molar-refractivity contribution in [2.24, 2.45) is 0 Å². The van der Waals surface area contributed by atoms with Crippen LogP contribution < -0.4 is 0 Å². The zero-order valence-electron chi connectivity index (χ0n) is 23.7. The van der Waals surface area contributed by atoms with E-state index in [0.717, 1.165) is 24.0 Å². The topological polar surface area (TPSA) is 0 Å². The van der Waals surface area contributed by atoms with Crippen molar-refractivity contribution in [3.63, 3.8) is 0 Å². The largest absolute Gasteiger partial charge is 4.00 e. The van der Waals surface area contributed by atoms with Crippen LogP contribution in [0.15, 0.2) is 152 Å². The van der Waals surface area contributed by atoms with E-state index < -0.39 is 0 Å². The van der Waals surface area contributed by atoms with Crippen LogP contribution in [0.5, 0.6) is 0 Å². The van der Waals surface area contributed by atoms with Crippen LogP contribution >= 0.6 is 0 Å². The van der Waals surface area contributed by atoms with Crippen LogP contribution in [0.2, 0.25) is 0 Å². The molecule has 1 heteroatoms.